The van der Waals surface area contributed by atoms with Gasteiger partial charge in [-0.2, -0.15) is 0 Å². The van der Waals surface area contributed by atoms with Crippen molar-refractivity contribution in [1.29, 1.82) is 0 Å². The summed E-state index contributed by atoms with van der Waals surface area (Å²) in [4.78, 5) is 4.32. The Kier molecular flexibility index (Phi) is 5.49. The molecule has 1 fully saturated rings. The Balaban J connectivity index is 1.64. The second kappa shape index (κ2) is 7.77. The molecule has 5 heteroatoms. The smallest absolute Gasteiger partial charge is 0.121 e. The Bertz CT molecular complexity index is 639. The molecule has 0 amide bonds. The van der Waals surface area contributed by atoms with E-state index >= 15 is 0 Å². The highest BCUT2D eigenvalue weighted by Crippen LogP contribution is 2.28. The van der Waals surface area contributed by atoms with E-state index in [1.165, 1.54) is 0 Å². The number of hydrogen-bond acceptors (Lipinski definition) is 4. The van der Waals surface area contributed by atoms with Crippen molar-refractivity contribution in [2.24, 2.45) is 0 Å². The summed E-state index contributed by atoms with van der Waals surface area (Å²) in [5.74, 6) is 0.754. The van der Waals surface area contributed by atoms with Crippen molar-refractivity contribution < 1.29 is 14.2 Å². The molecule has 3 rings (SSSR count). The van der Waals surface area contributed by atoms with Crippen LogP contribution in [0.5, 0.6) is 5.75 Å². The fourth-order valence-electron chi connectivity index (χ4n) is 2.46. The van der Waals surface area contributed by atoms with Crippen LogP contribution >= 0.6 is 11.6 Å². The van der Waals surface area contributed by atoms with Gasteiger partial charge in [-0.25, -0.2) is 0 Å². The van der Waals surface area contributed by atoms with Crippen LogP contribution in [0.25, 0.3) is 11.1 Å². The molecule has 0 aliphatic carbocycles. The SMILES string of the molecule is Cc1ccc(-c2cc(Cl)cc(OCCC3COCCO3)c2)cn1. The Morgan fingerprint density at radius 2 is 2.13 bits per heavy atom. The molecular weight excluding hydrogens is 314 g/mol. The minimum atomic E-state index is 0.115. The van der Waals surface area contributed by atoms with Gasteiger partial charge in [0.2, 0.25) is 0 Å². The summed E-state index contributed by atoms with van der Waals surface area (Å²) < 4.78 is 16.8. The lowest BCUT2D eigenvalue weighted by molar-refractivity contribution is -0.0935. The van der Waals surface area contributed by atoms with Gasteiger partial charge in [0.1, 0.15) is 5.75 Å². The third-order valence-corrected chi connectivity index (χ3v) is 3.93. The van der Waals surface area contributed by atoms with Crippen LogP contribution in [0.4, 0.5) is 0 Å². The molecule has 23 heavy (non-hydrogen) atoms. The van der Waals surface area contributed by atoms with Crippen molar-refractivity contribution >= 4 is 11.6 Å². The van der Waals surface area contributed by atoms with Crippen molar-refractivity contribution in [3.05, 3.63) is 47.2 Å². The van der Waals surface area contributed by atoms with Gasteiger partial charge in [-0.15, -0.1) is 0 Å². The average Bonchev–Trinajstić information content (AvgIpc) is 2.56. The number of aromatic nitrogens is 1. The predicted octanol–water partition coefficient (Wildman–Crippen LogP) is 3.89. The van der Waals surface area contributed by atoms with Gasteiger partial charge in [-0.05, 0) is 36.8 Å². The second-order valence-corrected chi connectivity index (χ2v) is 6.01. The maximum absolute atomic E-state index is 6.21. The van der Waals surface area contributed by atoms with Gasteiger partial charge in [-0.1, -0.05) is 17.7 Å². The first-order chi connectivity index (χ1) is 11.2. The number of benzene rings is 1. The summed E-state index contributed by atoms with van der Waals surface area (Å²) in [6.45, 7) is 4.51. The highest BCUT2D eigenvalue weighted by atomic mass is 35.5. The van der Waals surface area contributed by atoms with Gasteiger partial charge in [0, 0.05) is 28.9 Å². The number of ether oxygens (including phenoxy) is 3. The molecule has 0 saturated carbocycles. The quantitative estimate of drug-likeness (QED) is 0.832. The molecule has 2 aromatic rings. The van der Waals surface area contributed by atoms with Crippen LogP contribution in [0.15, 0.2) is 36.5 Å². The van der Waals surface area contributed by atoms with Crippen molar-refractivity contribution in [3.63, 3.8) is 0 Å². The molecule has 0 bridgehead atoms. The topological polar surface area (TPSA) is 40.6 Å². The Hall–Kier alpha value is -1.62. The minimum Gasteiger partial charge on any atom is -0.493 e. The maximum atomic E-state index is 6.21. The Morgan fingerprint density at radius 3 is 2.87 bits per heavy atom. The lowest BCUT2D eigenvalue weighted by atomic mass is 10.1. The van der Waals surface area contributed by atoms with E-state index < -0.39 is 0 Å². The number of halogens is 1. The summed E-state index contributed by atoms with van der Waals surface area (Å²) >= 11 is 6.21. The summed E-state index contributed by atoms with van der Waals surface area (Å²) in [7, 11) is 0. The van der Waals surface area contributed by atoms with Crippen LogP contribution in [-0.2, 0) is 9.47 Å². The molecule has 0 radical (unpaired) electrons. The van der Waals surface area contributed by atoms with Crippen LogP contribution in [0.2, 0.25) is 5.02 Å². The van der Waals surface area contributed by atoms with Crippen molar-refractivity contribution in [2.75, 3.05) is 26.4 Å². The van der Waals surface area contributed by atoms with Crippen LogP contribution in [0.1, 0.15) is 12.1 Å². The van der Waals surface area contributed by atoms with Gasteiger partial charge >= 0.3 is 0 Å². The van der Waals surface area contributed by atoms with Crippen molar-refractivity contribution in [1.82, 2.24) is 4.98 Å². The highest BCUT2D eigenvalue weighted by Gasteiger charge is 2.14. The van der Waals surface area contributed by atoms with Crippen LogP contribution < -0.4 is 4.74 Å². The zero-order chi connectivity index (χ0) is 16.1. The average molecular weight is 334 g/mol. The third kappa shape index (κ3) is 4.67. The number of pyridine rings is 1. The minimum absolute atomic E-state index is 0.115. The predicted molar refractivity (Wildman–Crippen MR) is 90.1 cm³/mol. The Morgan fingerprint density at radius 1 is 1.22 bits per heavy atom. The fraction of sp³-hybridized carbons (Fsp3) is 0.389. The van der Waals surface area contributed by atoms with Gasteiger partial charge in [0.05, 0.1) is 32.5 Å². The monoisotopic (exact) mass is 333 g/mol. The highest BCUT2D eigenvalue weighted by molar-refractivity contribution is 6.31. The maximum Gasteiger partial charge on any atom is 0.121 e. The molecule has 122 valence electrons. The molecule has 4 nitrogen and oxygen atoms in total. The zero-order valence-electron chi connectivity index (χ0n) is 13.1. The van der Waals surface area contributed by atoms with Crippen LogP contribution in [-0.4, -0.2) is 37.5 Å². The molecule has 1 unspecified atom stereocenters. The van der Waals surface area contributed by atoms with E-state index in [4.69, 9.17) is 25.8 Å². The summed E-state index contributed by atoms with van der Waals surface area (Å²) in [5.41, 5.74) is 3.01. The first kappa shape index (κ1) is 16.2. The summed E-state index contributed by atoms with van der Waals surface area (Å²) in [5, 5.41) is 0.648. The van der Waals surface area contributed by atoms with E-state index in [0.29, 0.717) is 31.5 Å². The van der Waals surface area contributed by atoms with Gasteiger partial charge in [0.15, 0.2) is 0 Å². The van der Waals surface area contributed by atoms with E-state index in [1.54, 1.807) is 0 Å². The van der Waals surface area contributed by atoms with E-state index in [2.05, 4.69) is 4.98 Å². The molecule has 1 atom stereocenters. The lowest BCUT2D eigenvalue weighted by Gasteiger charge is -2.22. The molecule has 0 N–H and O–H groups in total. The normalized spacial score (nSPS) is 17.9. The fourth-order valence-corrected chi connectivity index (χ4v) is 2.69. The van der Waals surface area contributed by atoms with Crippen molar-refractivity contribution in [3.8, 4) is 16.9 Å². The van der Waals surface area contributed by atoms with Crippen LogP contribution in [0.3, 0.4) is 0 Å². The molecular formula is C18H20ClNO3. The zero-order valence-corrected chi connectivity index (χ0v) is 13.9. The lowest BCUT2D eigenvalue weighted by Crippen LogP contribution is -2.29. The molecule has 1 aliphatic heterocycles. The van der Waals surface area contributed by atoms with E-state index in [9.17, 15) is 0 Å². The molecule has 2 heterocycles. The number of rotatable bonds is 5. The van der Waals surface area contributed by atoms with E-state index in [-0.39, 0.29) is 6.10 Å². The summed E-state index contributed by atoms with van der Waals surface area (Å²) in [6.07, 6.45) is 2.76. The van der Waals surface area contributed by atoms with E-state index in [0.717, 1.165) is 29.0 Å². The third-order valence-electron chi connectivity index (χ3n) is 3.71. The number of aryl methyl sites for hydroxylation is 1. The summed E-state index contributed by atoms with van der Waals surface area (Å²) in [6, 6.07) is 9.74. The first-order valence-corrected chi connectivity index (χ1v) is 8.14. The second-order valence-electron chi connectivity index (χ2n) is 5.57. The molecule has 1 aromatic heterocycles. The van der Waals surface area contributed by atoms with Crippen LogP contribution in [0, 0.1) is 6.92 Å². The van der Waals surface area contributed by atoms with Gasteiger partial charge in [-0.3, -0.25) is 4.98 Å². The number of nitrogens with zero attached hydrogens (tertiary/aromatic N) is 1. The molecule has 0 spiro atoms. The van der Waals surface area contributed by atoms with Gasteiger partial charge < -0.3 is 14.2 Å². The molecule has 1 aliphatic rings. The van der Waals surface area contributed by atoms with Crippen molar-refractivity contribution in [2.45, 2.75) is 19.4 Å². The molecule has 1 aromatic carbocycles. The standard InChI is InChI=1S/C18H20ClNO3/c1-13-2-3-14(11-20-13)15-8-16(19)10-18(9-15)22-5-4-17-12-21-6-7-23-17/h2-3,8-11,17H,4-7,12H2,1H3. The van der Waals surface area contributed by atoms with Gasteiger partial charge in [0.25, 0.3) is 0 Å². The van der Waals surface area contributed by atoms with E-state index in [1.807, 2.05) is 43.5 Å². The first-order valence-electron chi connectivity index (χ1n) is 7.76. The Labute approximate surface area is 141 Å². The molecule has 1 saturated heterocycles. The number of hydrogen-bond donors (Lipinski definition) is 0. The largest absolute Gasteiger partial charge is 0.493 e.